The minimum Gasteiger partial charge on any atom is -0.494 e. The van der Waals surface area contributed by atoms with Crippen LogP contribution in [0.5, 0.6) is 5.88 Å². The predicted octanol–water partition coefficient (Wildman–Crippen LogP) is 4.50. The van der Waals surface area contributed by atoms with Gasteiger partial charge in [-0.3, -0.25) is 19.3 Å². The lowest BCUT2D eigenvalue weighted by atomic mass is 9.97. The summed E-state index contributed by atoms with van der Waals surface area (Å²) in [6.45, 7) is 3.41. The molecule has 0 saturated heterocycles. The van der Waals surface area contributed by atoms with Crippen LogP contribution in [0.2, 0.25) is 0 Å². The number of aromatic nitrogens is 2. The first kappa shape index (κ1) is 19.6. The monoisotopic (exact) mass is 363 g/mol. The lowest BCUT2D eigenvalue weighted by molar-refractivity contribution is 0.402. The largest absolute Gasteiger partial charge is 0.494 e. The number of unbranched alkanes of at least 4 members (excludes halogenated alkanes) is 3. The van der Waals surface area contributed by atoms with Gasteiger partial charge >= 0.3 is 0 Å². The van der Waals surface area contributed by atoms with E-state index in [1.165, 1.54) is 37.5 Å². The van der Waals surface area contributed by atoms with E-state index in [-0.39, 0.29) is 21.8 Å². The average Bonchev–Trinajstić information content (AvgIpc) is 2.61. The number of aromatic hydroxyl groups is 1. The lowest BCUT2D eigenvalue weighted by Crippen LogP contribution is -2.19. The second kappa shape index (κ2) is 10.3. The Hall–Kier alpha value is -1.69. The fourth-order valence-corrected chi connectivity index (χ4v) is 3.34. The molecule has 1 aromatic heterocycles. The van der Waals surface area contributed by atoms with Gasteiger partial charge < -0.3 is 5.11 Å². The average molecular weight is 364 g/mol. The smallest absolute Gasteiger partial charge is 0.264 e. The minimum atomic E-state index is -0.382. The summed E-state index contributed by atoms with van der Waals surface area (Å²) in [6.07, 6.45) is 13.9. The Morgan fingerprint density at radius 3 is 2.92 bits per heavy atom. The Morgan fingerprint density at radius 2 is 2.20 bits per heavy atom. The molecule has 0 fully saturated rings. The molecule has 0 aliphatic heterocycles. The first-order valence-corrected chi connectivity index (χ1v) is 9.78. The molecule has 6 heteroatoms. The molecule has 0 aromatic carbocycles. The van der Waals surface area contributed by atoms with Gasteiger partial charge in [0.1, 0.15) is 5.56 Å². The fourth-order valence-electron chi connectivity index (χ4n) is 3.07. The van der Waals surface area contributed by atoms with Gasteiger partial charge in [-0.05, 0) is 50.7 Å². The van der Waals surface area contributed by atoms with Crippen molar-refractivity contribution < 1.29 is 5.11 Å². The number of aliphatic imine (C=N–C) groups is 1. The summed E-state index contributed by atoms with van der Waals surface area (Å²) in [5.74, 6) is -0.0810. The van der Waals surface area contributed by atoms with Gasteiger partial charge in [-0.1, -0.05) is 37.8 Å². The first-order chi connectivity index (χ1) is 12.1. The summed E-state index contributed by atoms with van der Waals surface area (Å²) in [6, 6.07) is 0. The summed E-state index contributed by atoms with van der Waals surface area (Å²) < 4.78 is 1.86. The van der Waals surface area contributed by atoms with E-state index in [0.29, 0.717) is 13.1 Å². The number of nitrogens with one attached hydrogen (secondary N) is 1. The Labute approximate surface area is 154 Å². The number of allylic oxidation sites excluding steroid dienone is 2. The summed E-state index contributed by atoms with van der Waals surface area (Å²) in [5, 5.41) is 10.5. The zero-order valence-corrected chi connectivity index (χ0v) is 15.9. The van der Waals surface area contributed by atoms with Crippen molar-refractivity contribution in [2.45, 2.75) is 71.3 Å². The van der Waals surface area contributed by atoms with Crippen LogP contribution in [0.25, 0.3) is 0 Å². The SMILES string of the molecule is CCCCCCN=Cc1c(O)n(CCC2=CCCCC2)c(=S)[nH]c1=O. The molecular formula is C19H29N3O2S. The van der Waals surface area contributed by atoms with Crippen molar-refractivity contribution in [3.05, 3.63) is 32.3 Å². The number of hydrogen-bond acceptors (Lipinski definition) is 4. The van der Waals surface area contributed by atoms with Gasteiger partial charge in [0.15, 0.2) is 4.77 Å². The van der Waals surface area contributed by atoms with Gasteiger partial charge in [0.2, 0.25) is 5.88 Å². The molecule has 0 amide bonds. The summed E-state index contributed by atoms with van der Waals surface area (Å²) in [4.78, 5) is 19.0. The third-order valence-electron chi connectivity index (χ3n) is 4.61. The normalized spacial score (nSPS) is 14.8. The Balaban J connectivity index is 2.07. The van der Waals surface area contributed by atoms with E-state index >= 15 is 0 Å². The molecule has 5 nitrogen and oxygen atoms in total. The van der Waals surface area contributed by atoms with Gasteiger partial charge in [0.25, 0.3) is 5.56 Å². The molecular weight excluding hydrogens is 334 g/mol. The second-order valence-corrected chi connectivity index (χ2v) is 6.99. The molecule has 138 valence electrons. The van der Waals surface area contributed by atoms with Gasteiger partial charge in [0.05, 0.1) is 0 Å². The molecule has 0 atom stereocenters. The van der Waals surface area contributed by atoms with Gasteiger partial charge in [0, 0.05) is 19.3 Å². The van der Waals surface area contributed by atoms with Gasteiger partial charge in [-0.25, -0.2) is 0 Å². The highest BCUT2D eigenvalue weighted by Crippen LogP contribution is 2.22. The highest BCUT2D eigenvalue weighted by molar-refractivity contribution is 7.71. The molecule has 1 aliphatic carbocycles. The van der Waals surface area contributed by atoms with Crippen molar-refractivity contribution in [3.63, 3.8) is 0 Å². The zero-order chi connectivity index (χ0) is 18.1. The van der Waals surface area contributed by atoms with Crippen molar-refractivity contribution in [1.29, 1.82) is 0 Å². The molecule has 1 aromatic rings. The molecule has 0 spiro atoms. The highest BCUT2D eigenvalue weighted by atomic mass is 32.1. The number of nitrogens with zero attached hydrogens (tertiary/aromatic N) is 2. The molecule has 2 rings (SSSR count). The Bertz CT molecular complexity index is 731. The van der Waals surface area contributed by atoms with Crippen LogP contribution in [0, 0.1) is 4.77 Å². The molecule has 0 radical (unpaired) electrons. The fraction of sp³-hybridized carbons (Fsp3) is 0.632. The number of rotatable bonds is 9. The van der Waals surface area contributed by atoms with Crippen LogP contribution in [0.3, 0.4) is 0 Å². The van der Waals surface area contributed by atoms with Crippen molar-refractivity contribution in [3.8, 4) is 5.88 Å². The van der Waals surface area contributed by atoms with E-state index in [0.717, 1.165) is 32.1 Å². The van der Waals surface area contributed by atoms with Crippen molar-refractivity contribution in [2.75, 3.05) is 6.54 Å². The number of aromatic amines is 1. The maximum absolute atomic E-state index is 12.1. The minimum absolute atomic E-state index is 0.0810. The quantitative estimate of drug-likeness (QED) is 0.294. The van der Waals surface area contributed by atoms with Crippen LogP contribution in [0.15, 0.2) is 21.4 Å². The zero-order valence-electron chi connectivity index (χ0n) is 15.1. The van der Waals surface area contributed by atoms with Crippen molar-refractivity contribution >= 4 is 18.4 Å². The number of hydrogen-bond donors (Lipinski definition) is 2. The standard InChI is InChI=1S/C19H29N3O2S/c1-2-3-4-8-12-20-14-16-17(23)21-19(25)22(18(16)24)13-11-15-9-6-5-7-10-15/h9,14,24H,2-8,10-13H2,1H3,(H,21,23,25). The van der Waals surface area contributed by atoms with E-state index in [9.17, 15) is 9.90 Å². The van der Waals surface area contributed by atoms with Crippen LogP contribution in [0.1, 0.15) is 70.3 Å². The van der Waals surface area contributed by atoms with E-state index < -0.39 is 0 Å². The van der Waals surface area contributed by atoms with Crippen LogP contribution in [0.4, 0.5) is 0 Å². The van der Waals surface area contributed by atoms with Crippen LogP contribution in [-0.2, 0) is 6.54 Å². The topological polar surface area (TPSA) is 70.4 Å². The lowest BCUT2D eigenvalue weighted by Gasteiger charge is -2.15. The number of H-pyrrole nitrogens is 1. The van der Waals surface area contributed by atoms with Crippen molar-refractivity contribution in [1.82, 2.24) is 9.55 Å². The van der Waals surface area contributed by atoms with E-state index in [1.807, 2.05) is 0 Å². The first-order valence-electron chi connectivity index (χ1n) is 9.37. The van der Waals surface area contributed by atoms with Crippen LogP contribution in [-0.4, -0.2) is 27.4 Å². The summed E-state index contributed by atoms with van der Waals surface area (Å²) in [5.41, 5.74) is 1.22. The molecule has 25 heavy (non-hydrogen) atoms. The highest BCUT2D eigenvalue weighted by Gasteiger charge is 2.12. The predicted molar refractivity (Wildman–Crippen MR) is 105 cm³/mol. The van der Waals surface area contributed by atoms with Gasteiger partial charge in [-0.2, -0.15) is 0 Å². The third kappa shape index (κ3) is 5.96. The van der Waals surface area contributed by atoms with Crippen LogP contribution >= 0.6 is 12.2 Å². The maximum atomic E-state index is 12.1. The maximum Gasteiger partial charge on any atom is 0.264 e. The molecule has 0 unspecified atom stereocenters. The van der Waals surface area contributed by atoms with E-state index in [1.54, 1.807) is 4.57 Å². The molecule has 0 saturated carbocycles. The molecule has 2 N–H and O–H groups in total. The second-order valence-electron chi connectivity index (χ2n) is 6.60. The van der Waals surface area contributed by atoms with E-state index in [2.05, 4.69) is 23.0 Å². The molecule has 0 bridgehead atoms. The van der Waals surface area contributed by atoms with Crippen molar-refractivity contribution in [2.24, 2.45) is 4.99 Å². The Morgan fingerprint density at radius 1 is 1.36 bits per heavy atom. The summed E-state index contributed by atoms with van der Waals surface area (Å²) in [7, 11) is 0. The summed E-state index contributed by atoms with van der Waals surface area (Å²) >= 11 is 5.22. The molecule has 1 heterocycles. The Kier molecular flexibility index (Phi) is 8.12. The third-order valence-corrected chi connectivity index (χ3v) is 4.93. The van der Waals surface area contributed by atoms with E-state index in [4.69, 9.17) is 12.2 Å². The molecule has 1 aliphatic rings. The van der Waals surface area contributed by atoms with Gasteiger partial charge in [-0.15, -0.1) is 0 Å². The van der Waals surface area contributed by atoms with Crippen LogP contribution < -0.4 is 5.56 Å².